The molecule has 3 heterocycles. The SMILES string of the molecule is O=C(NC1CC1)C1CCCN(c2nccn3nc(-c4ccccc4Cl)cc23)C1. The number of benzene rings is 1. The normalized spacial score (nSPS) is 19.8. The molecule has 2 aromatic heterocycles. The first-order chi connectivity index (χ1) is 13.7. The Hall–Kier alpha value is -2.60. The van der Waals surface area contributed by atoms with Gasteiger partial charge in [0.05, 0.1) is 16.6 Å². The third kappa shape index (κ3) is 3.33. The van der Waals surface area contributed by atoms with E-state index in [0.717, 1.165) is 54.8 Å². The molecule has 0 radical (unpaired) electrons. The van der Waals surface area contributed by atoms with E-state index in [1.165, 1.54) is 0 Å². The fourth-order valence-corrected chi connectivity index (χ4v) is 4.12. The van der Waals surface area contributed by atoms with Gasteiger partial charge in [0.1, 0.15) is 5.52 Å². The molecule has 6 nitrogen and oxygen atoms in total. The maximum Gasteiger partial charge on any atom is 0.225 e. The highest BCUT2D eigenvalue weighted by Crippen LogP contribution is 2.31. The molecule has 1 aliphatic carbocycles. The summed E-state index contributed by atoms with van der Waals surface area (Å²) < 4.78 is 1.84. The van der Waals surface area contributed by atoms with Crippen molar-refractivity contribution in [2.75, 3.05) is 18.0 Å². The van der Waals surface area contributed by atoms with Gasteiger partial charge in [-0.2, -0.15) is 5.10 Å². The van der Waals surface area contributed by atoms with Gasteiger partial charge in [0.2, 0.25) is 5.91 Å². The van der Waals surface area contributed by atoms with Crippen LogP contribution in [0, 0.1) is 5.92 Å². The van der Waals surface area contributed by atoms with E-state index in [9.17, 15) is 4.79 Å². The summed E-state index contributed by atoms with van der Waals surface area (Å²) in [6, 6.07) is 10.1. The van der Waals surface area contributed by atoms with Crippen molar-refractivity contribution in [3.05, 3.63) is 47.7 Å². The second-order valence-electron chi connectivity index (χ2n) is 7.66. The average Bonchev–Trinajstić information content (AvgIpc) is 3.42. The first-order valence-corrected chi connectivity index (χ1v) is 10.2. The van der Waals surface area contributed by atoms with E-state index in [4.69, 9.17) is 11.6 Å². The first-order valence-electron chi connectivity index (χ1n) is 9.83. The zero-order valence-corrected chi connectivity index (χ0v) is 16.3. The van der Waals surface area contributed by atoms with E-state index in [1.54, 1.807) is 6.20 Å². The summed E-state index contributed by atoms with van der Waals surface area (Å²) in [7, 11) is 0. The molecule has 1 aliphatic heterocycles. The van der Waals surface area contributed by atoms with Gasteiger partial charge in [-0.1, -0.05) is 29.8 Å². The van der Waals surface area contributed by atoms with Crippen molar-refractivity contribution in [2.24, 2.45) is 5.92 Å². The number of fused-ring (bicyclic) bond motifs is 1. The van der Waals surface area contributed by atoms with Crippen molar-refractivity contribution in [3.8, 4) is 11.3 Å². The number of carbonyl (C=O) groups excluding carboxylic acids is 1. The Balaban J connectivity index is 1.45. The lowest BCUT2D eigenvalue weighted by Gasteiger charge is -2.33. The van der Waals surface area contributed by atoms with Crippen LogP contribution in [0.5, 0.6) is 0 Å². The maximum absolute atomic E-state index is 12.5. The van der Waals surface area contributed by atoms with Crippen LogP contribution < -0.4 is 10.2 Å². The minimum absolute atomic E-state index is 0.0161. The Bertz CT molecular complexity index is 1030. The molecule has 1 N–H and O–H groups in total. The monoisotopic (exact) mass is 395 g/mol. The number of hydrogen-bond donors (Lipinski definition) is 1. The van der Waals surface area contributed by atoms with Gasteiger partial charge in [0, 0.05) is 37.1 Å². The molecule has 0 bridgehead atoms. The minimum atomic E-state index is 0.0161. The second kappa shape index (κ2) is 7.09. The molecular formula is C21H22ClN5O. The van der Waals surface area contributed by atoms with Gasteiger partial charge in [0.15, 0.2) is 5.82 Å². The number of halogens is 1. The summed E-state index contributed by atoms with van der Waals surface area (Å²) in [5.41, 5.74) is 2.65. The van der Waals surface area contributed by atoms with Crippen LogP contribution in [0.1, 0.15) is 25.7 Å². The Labute approximate surface area is 168 Å². The Kier molecular flexibility index (Phi) is 4.43. The number of aromatic nitrogens is 3. The second-order valence-corrected chi connectivity index (χ2v) is 8.07. The maximum atomic E-state index is 12.5. The highest BCUT2D eigenvalue weighted by atomic mass is 35.5. The lowest BCUT2D eigenvalue weighted by atomic mass is 9.97. The molecule has 1 aromatic carbocycles. The van der Waals surface area contributed by atoms with Crippen molar-refractivity contribution in [1.29, 1.82) is 0 Å². The summed E-state index contributed by atoms with van der Waals surface area (Å²) in [6.45, 7) is 1.59. The van der Waals surface area contributed by atoms with E-state index in [2.05, 4.69) is 20.3 Å². The van der Waals surface area contributed by atoms with Gasteiger partial charge in [-0.3, -0.25) is 4.79 Å². The fraction of sp³-hybridized carbons (Fsp3) is 0.381. The highest BCUT2D eigenvalue weighted by molar-refractivity contribution is 6.33. The molecule has 2 fully saturated rings. The lowest BCUT2D eigenvalue weighted by molar-refractivity contribution is -0.125. The van der Waals surface area contributed by atoms with Crippen molar-refractivity contribution in [3.63, 3.8) is 0 Å². The lowest BCUT2D eigenvalue weighted by Crippen LogP contribution is -2.44. The molecular weight excluding hydrogens is 374 g/mol. The van der Waals surface area contributed by atoms with Crippen LogP contribution in [0.15, 0.2) is 42.7 Å². The molecule has 7 heteroatoms. The molecule has 28 heavy (non-hydrogen) atoms. The quantitative estimate of drug-likeness (QED) is 0.733. The van der Waals surface area contributed by atoms with Crippen molar-refractivity contribution in [2.45, 2.75) is 31.7 Å². The van der Waals surface area contributed by atoms with Crippen LogP contribution in [0.25, 0.3) is 16.8 Å². The highest BCUT2D eigenvalue weighted by Gasteiger charge is 2.31. The third-order valence-corrected chi connectivity index (χ3v) is 5.86. The zero-order valence-electron chi connectivity index (χ0n) is 15.5. The van der Waals surface area contributed by atoms with Crippen molar-refractivity contribution < 1.29 is 4.79 Å². The van der Waals surface area contributed by atoms with Crippen LogP contribution >= 0.6 is 11.6 Å². The molecule has 3 aromatic rings. The Morgan fingerprint density at radius 1 is 1.21 bits per heavy atom. The Morgan fingerprint density at radius 3 is 2.89 bits per heavy atom. The Morgan fingerprint density at radius 2 is 2.07 bits per heavy atom. The number of anilines is 1. The summed E-state index contributed by atoms with van der Waals surface area (Å²) >= 11 is 6.36. The average molecular weight is 396 g/mol. The number of rotatable bonds is 4. The molecule has 1 atom stereocenters. The minimum Gasteiger partial charge on any atom is -0.354 e. The van der Waals surface area contributed by atoms with Crippen molar-refractivity contribution >= 4 is 28.8 Å². The summed E-state index contributed by atoms with van der Waals surface area (Å²) in [6.07, 6.45) is 7.76. The van der Waals surface area contributed by atoms with Gasteiger partial charge >= 0.3 is 0 Å². The molecule has 1 unspecified atom stereocenters. The van der Waals surface area contributed by atoms with Crippen LogP contribution in [-0.2, 0) is 4.79 Å². The van der Waals surface area contributed by atoms with Gasteiger partial charge in [-0.05, 0) is 37.8 Å². The fourth-order valence-electron chi connectivity index (χ4n) is 3.88. The largest absolute Gasteiger partial charge is 0.354 e. The molecule has 0 spiro atoms. The first kappa shape index (κ1) is 17.5. The summed E-state index contributed by atoms with van der Waals surface area (Å²) in [5, 5.41) is 8.51. The number of nitrogens with one attached hydrogen (secondary N) is 1. The van der Waals surface area contributed by atoms with E-state index in [-0.39, 0.29) is 11.8 Å². The van der Waals surface area contributed by atoms with E-state index < -0.39 is 0 Å². The number of nitrogens with zero attached hydrogens (tertiary/aromatic N) is 4. The molecule has 1 amide bonds. The summed E-state index contributed by atoms with van der Waals surface area (Å²) in [5.74, 6) is 1.07. The number of amides is 1. The molecule has 5 rings (SSSR count). The van der Waals surface area contributed by atoms with Crippen LogP contribution in [0.4, 0.5) is 5.82 Å². The predicted molar refractivity (Wildman–Crippen MR) is 110 cm³/mol. The van der Waals surface area contributed by atoms with Gasteiger partial charge in [-0.25, -0.2) is 9.50 Å². The zero-order chi connectivity index (χ0) is 19.1. The van der Waals surface area contributed by atoms with Crippen LogP contribution in [0.2, 0.25) is 5.02 Å². The third-order valence-electron chi connectivity index (χ3n) is 5.53. The van der Waals surface area contributed by atoms with Gasteiger partial charge in [-0.15, -0.1) is 0 Å². The van der Waals surface area contributed by atoms with Crippen molar-refractivity contribution in [1.82, 2.24) is 19.9 Å². The van der Waals surface area contributed by atoms with Crippen LogP contribution in [-0.4, -0.2) is 39.6 Å². The van der Waals surface area contributed by atoms with Gasteiger partial charge < -0.3 is 10.2 Å². The summed E-state index contributed by atoms with van der Waals surface area (Å²) in [4.78, 5) is 19.4. The molecule has 1 saturated carbocycles. The molecule has 1 saturated heterocycles. The standard InChI is InChI=1S/C21H22ClN5O/c22-17-6-2-1-5-16(17)18-12-19-20(23-9-11-27(19)25-18)26-10-3-4-14(13-26)21(28)24-15-7-8-15/h1-2,5-6,9,11-12,14-15H,3-4,7-8,10,13H2,(H,24,28). The van der Waals surface area contributed by atoms with E-state index in [0.29, 0.717) is 17.6 Å². The number of piperidine rings is 1. The molecule has 144 valence electrons. The topological polar surface area (TPSA) is 62.5 Å². The van der Waals surface area contributed by atoms with E-state index in [1.807, 2.05) is 41.0 Å². The molecule has 2 aliphatic rings. The predicted octanol–water partition coefficient (Wildman–Crippen LogP) is 3.54. The van der Waals surface area contributed by atoms with Gasteiger partial charge in [0.25, 0.3) is 0 Å². The smallest absolute Gasteiger partial charge is 0.225 e. The number of carbonyl (C=O) groups is 1. The van der Waals surface area contributed by atoms with E-state index >= 15 is 0 Å². The number of hydrogen-bond acceptors (Lipinski definition) is 4. The van der Waals surface area contributed by atoms with Crippen LogP contribution in [0.3, 0.4) is 0 Å².